The molecule has 1 aromatic rings. The van der Waals surface area contributed by atoms with Crippen LogP contribution < -0.4 is 0 Å². The standard InChI is InChI=1S/C24H39NO4/c1-7-23(8-2)15-24(27-17-22(6,16-26)18-28-24)14-21(4,5)25(23)29-19(3)20-12-10-9-11-13-20/h9-13,19,26H,7-8,14-18H2,1-6H3. The summed E-state index contributed by atoms with van der Waals surface area (Å²) in [6, 6.07) is 10.4. The van der Waals surface area contributed by atoms with Gasteiger partial charge in [-0.25, -0.2) is 0 Å². The zero-order valence-corrected chi connectivity index (χ0v) is 19.0. The van der Waals surface area contributed by atoms with Crippen LogP contribution in [0.25, 0.3) is 0 Å². The van der Waals surface area contributed by atoms with Crippen molar-refractivity contribution in [2.24, 2.45) is 5.41 Å². The van der Waals surface area contributed by atoms with Crippen molar-refractivity contribution in [1.82, 2.24) is 5.06 Å². The molecule has 2 fully saturated rings. The summed E-state index contributed by atoms with van der Waals surface area (Å²) in [5.41, 5.74) is 0.401. The Balaban J connectivity index is 1.87. The van der Waals surface area contributed by atoms with E-state index < -0.39 is 5.79 Å². The number of hydrogen-bond donors (Lipinski definition) is 1. The molecule has 3 rings (SSSR count). The van der Waals surface area contributed by atoms with Crippen molar-refractivity contribution < 1.29 is 19.4 Å². The van der Waals surface area contributed by atoms with Gasteiger partial charge < -0.3 is 14.6 Å². The first-order chi connectivity index (χ1) is 13.6. The van der Waals surface area contributed by atoms with Crippen LogP contribution in [0, 0.1) is 5.41 Å². The lowest BCUT2D eigenvalue weighted by Gasteiger charge is -2.61. The van der Waals surface area contributed by atoms with Crippen molar-refractivity contribution in [3.8, 4) is 0 Å². The van der Waals surface area contributed by atoms with Gasteiger partial charge in [-0.15, -0.1) is 0 Å². The smallest absolute Gasteiger partial charge is 0.172 e. The predicted octanol–water partition coefficient (Wildman–Crippen LogP) is 4.85. The molecule has 1 N–H and O–H groups in total. The van der Waals surface area contributed by atoms with Crippen LogP contribution in [0.3, 0.4) is 0 Å². The van der Waals surface area contributed by atoms with Crippen molar-refractivity contribution in [1.29, 1.82) is 0 Å². The normalized spacial score (nSPS) is 32.9. The van der Waals surface area contributed by atoms with Crippen LogP contribution >= 0.6 is 0 Å². The van der Waals surface area contributed by atoms with Crippen molar-refractivity contribution >= 4 is 0 Å². The highest BCUT2D eigenvalue weighted by atomic mass is 16.7. The van der Waals surface area contributed by atoms with E-state index in [0.29, 0.717) is 13.2 Å². The minimum absolute atomic E-state index is 0.0344. The molecule has 0 saturated carbocycles. The Bertz CT molecular complexity index is 663. The summed E-state index contributed by atoms with van der Waals surface area (Å²) in [7, 11) is 0. The number of benzene rings is 1. The van der Waals surface area contributed by atoms with Crippen molar-refractivity contribution in [3.05, 3.63) is 35.9 Å². The second-order valence-electron chi connectivity index (χ2n) is 10.0. The average Bonchev–Trinajstić information content (AvgIpc) is 2.72. The van der Waals surface area contributed by atoms with E-state index in [2.05, 4.69) is 63.9 Å². The number of aliphatic hydroxyl groups excluding tert-OH is 1. The number of hydrogen-bond acceptors (Lipinski definition) is 5. The monoisotopic (exact) mass is 405 g/mol. The molecule has 0 amide bonds. The second-order valence-corrected chi connectivity index (χ2v) is 10.0. The predicted molar refractivity (Wildman–Crippen MR) is 114 cm³/mol. The number of rotatable bonds is 6. The van der Waals surface area contributed by atoms with Gasteiger partial charge in [0.2, 0.25) is 0 Å². The molecule has 0 aromatic heterocycles. The highest BCUT2D eigenvalue weighted by Gasteiger charge is 2.59. The SMILES string of the molecule is CCC1(CC)CC2(CC(C)(C)N1OC(C)c1ccccc1)OCC(C)(CO)CO2. The molecule has 1 spiro atoms. The lowest BCUT2D eigenvalue weighted by molar-refractivity contribution is -0.395. The van der Waals surface area contributed by atoms with Crippen molar-refractivity contribution in [2.75, 3.05) is 19.8 Å². The van der Waals surface area contributed by atoms with Crippen LogP contribution in [0.15, 0.2) is 30.3 Å². The van der Waals surface area contributed by atoms with Gasteiger partial charge in [0, 0.05) is 23.8 Å². The lowest BCUT2D eigenvalue weighted by atomic mass is 9.72. The topological polar surface area (TPSA) is 51.2 Å². The van der Waals surface area contributed by atoms with Gasteiger partial charge in [-0.05, 0) is 39.2 Å². The van der Waals surface area contributed by atoms with Crippen LogP contribution in [0.1, 0.15) is 78.9 Å². The average molecular weight is 406 g/mol. The van der Waals surface area contributed by atoms with E-state index in [9.17, 15) is 5.11 Å². The molecule has 2 aliphatic heterocycles. The Kier molecular flexibility index (Phi) is 6.48. The van der Waals surface area contributed by atoms with Gasteiger partial charge in [0.05, 0.1) is 25.4 Å². The third-order valence-corrected chi connectivity index (χ3v) is 6.88. The molecule has 1 atom stereocenters. The summed E-state index contributed by atoms with van der Waals surface area (Å²) < 4.78 is 12.8. The summed E-state index contributed by atoms with van der Waals surface area (Å²) >= 11 is 0. The highest BCUT2D eigenvalue weighted by molar-refractivity contribution is 5.17. The van der Waals surface area contributed by atoms with Gasteiger partial charge in [-0.2, -0.15) is 5.06 Å². The van der Waals surface area contributed by atoms with Gasteiger partial charge in [0.1, 0.15) is 6.10 Å². The summed E-state index contributed by atoms with van der Waals surface area (Å²) in [6.45, 7) is 14.1. The van der Waals surface area contributed by atoms with Gasteiger partial charge in [-0.3, -0.25) is 4.84 Å². The van der Waals surface area contributed by atoms with Crippen molar-refractivity contribution in [3.63, 3.8) is 0 Å². The van der Waals surface area contributed by atoms with Crippen LogP contribution in [-0.2, 0) is 14.3 Å². The van der Waals surface area contributed by atoms with Gasteiger partial charge in [0.15, 0.2) is 5.79 Å². The maximum atomic E-state index is 9.70. The van der Waals surface area contributed by atoms with E-state index in [0.717, 1.165) is 25.7 Å². The molecular formula is C24H39NO4. The molecule has 0 bridgehead atoms. The Hall–Kier alpha value is -0.980. The molecule has 5 nitrogen and oxygen atoms in total. The van der Waals surface area contributed by atoms with Crippen LogP contribution in [0.2, 0.25) is 0 Å². The molecule has 1 unspecified atom stereocenters. The molecule has 0 radical (unpaired) electrons. The number of nitrogens with zero attached hydrogens (tertiary/aromatic N) is 1. The largest absolute Gasteiger partial charge is 0.396 e. The summed E-state index contributed by atoms with van der Waals surface area (Å²) in [6.07, 6.45) is 3.35. The van der Waals surface area contributed by atoms with E-state index in [4.69, 9.17) is 14.3 Å². The zero-order valence-electron chi connectivity index (χ0n) is 19.0. The summed E-state index contributed by atoms with van der Waals surface area (Å²) in [5.74, 6) is -0.625. The van der Waals surface area contributed by atoms with Crippen LogP contribution in [0.4, 0.5) is 0 Å². The molecular weight excluding hydrogens is 366 g/mol. The van der Waals surface area contributed by atoms with E-state index in [-0.39, 0.29) is 29.2 Å². The quantitative estimate of drug-likeness (QED) is 0.733. The fourth-order valence-corrected chi connectivity index (χ4v) is 4.98. The Morgan fingerprint density at radius 3 is 2.14 bits per heavy atom. The van der Waals surface area contributed by atoms with Gasteiger partial charge in [-0.1, -0.05) is 51.1 Å². The number of ether oxygens (including phenoxy) is 2. The third kappa shape index (κ3) is 4.40. The first-order valence-corrected chi connectivity index (χ1v) is 11.0. The maximum absolute atomic E-state index is 9.70. The highest BCUT2D eigenvalue weighted by Crippen LogP contribution is 2.51. The first-order valence-electron chi connectivity index (χ1n) is 11.0. The molecule has 2 aliphatic rings. The Morgan fingerprint density at radius 1 is 1.03 bits per heavy atom. The fraction of sp³-hybridized carbons (Fsp3) is 0.750. The van der Waals surface area contributed by atoms with E-state index in [1.807, 2.05) is 13.0 Å². The molecule has 5 heteroatoms. The van der Waals surface area contributed by atoms with Crippen LogP contribution in [-0.4, -0.2) is 46.9 Å². The maximum Gasteiger partial charge on any atom is 0.172 e. The molecule has 29 heavy (non-hydrogen) atoms. The van der Waals surface area contributed by atoms with E-state index in [1.165, 1.54) is 5.56 Å². The minimum Gasteiger partial charge on any atom is -0.396 e. The van der Waals surface area contributed by atoms with Gasteiger partial charge in [0.25, 0.3) is 0 Å². The molecule has 2 heterocycles. The number of aliphatic hydroxyl groups is 1. The first kappa shape index (κ1) is 22.7. The van der Waals surface area contributed by atoms with Gasteiger partial charge >= 0.3 is 0 Å². The van der Waals surface area contributed by atoms with E-state index >= 15 is 0 Å². The number of hydroxylamine groups is 2. The fourth-order valence-electron chi connectivity index (χ4n) is 4.98. The Morgan fingerprint density at radius 2 is 1.62 bits per heavy atom. The van der Waals surface area contributed by atoms with E-state index in [1.54, 1.807) is 0 Å². The van der Waals surface area contributed by atoms with Crippen LogP contribution in [0.5, 0.6) is 0 Å². The Labute approximate surface area is 176 Å². The lowest BCUT2D eigenvalue weighted by Crippen LogP contribution is -2.69. The number of piperidine rings is 1. The minimum atomic E-state index is -0.625. The molecule has 0 aliphatic carbocycles. The zero-order chi connectivity index (χ0) is 21.3. The molecule has 1 aromatic carbocycles. The third-order valence-electron chi connectivity index (χ3n) is 6.88. The van der Waals surface area contributed by atoms with Crippen molar-refractivity contribution in [2.45, 2.75) is 90.2 Å². The summed E-state index contributed by atoms with van der Waals surface area (Å²) in [4.78, 5) is 6.67. The second kappa shape index (κ2) is 8.27. The molecule has 164 valence electrons. The molecule has 2 saturated heterocycles. The summed E-state index contributed by atoms with van der Waals surface area (Å²) in [5, 5.41) is 11.9.